The number of halogens is 2. The van der Waals surface area contributed by atoms with Crippen LogP contribution in [0.25, 0.3) is 0 Å². The first-order valence-electron chi connectivity index (χ1n) is 5.80. The average molecular weight is 325 g/mol. The highest BCUT2D eigenvalue weighted by Crippen LogP contribution is 2.15. The van der Waals surface area contributed by atoms with E-state index in [-0.39, 0.29) is 0 Å². The number of methoxy groups -OCH3 is 1. The second kappa shape index (κ2) is 6.52. The molecule has 0 radical (unpaired) electrons. The van der Waals surface area contributed by atoms with Crippen molar-refractivity contribution in [3.05, 3.63) is 53.5 Å². The molecule has 3 nitrogen and oxygen atoms in total. The van der Waals surface area contributed by atoms with Crippen molar-refractivity contribution in [3.63, 3.8) is 0 Å². The number of hydrogen-bond donors (Lipinski definition) is 1. The molecule has 5 heteroatoms. The van der Waals surface area contributed by atoms with E-state index in [0.717, 1.165) is 16.9 Å². The van der Waals surface area contributed by atoms with Crippen molar-refractivity contribution < 1.29 is 9.13 Å². The maximum atomic E-state index is 13.3. The molecule has 0 fully saturated rings. The molecule has 0 saturated carbocycles. The summed E-state index contributed by atoms with van der Waals surface area (Å²) in [7, 11) is 1.63. The van der Waals surface area contributed by atoms with Gasteiger partial charge in [-0.25, -0.2) is 4.98 Å². The molecule has 0 aliphatic rings. The van der Waals surface area contributed by atoms with Gasteiger partial charge in [-0.3, -0.25) is 0 Å². The lowest BCUT2D eigenvalue weighted by Crippen LogP contribution is -2.03. The Bertz CT molecular complexity index is 546. The zero-order chi connectivity index (χ0) is 13.7. The quantitative estimate of drug-likeness (QED) is 0.672. The molecule has 1 aromatic carbocycles. The van der Waals surface area contributed by atoms with Gasteiger partial charge in [-0.15, -0.1) is 0 Å². The van der Waals surface area contributed by atoms with Crippen LogP contribution in [0.5, 0.6) is 5.75 Å². The summed E-state index contributed by atoms with van der Waals surface area (Å²) in [6.07, 6.45) is 0. The lowest BCUT2D eigenvalue weighted by Gasteiger charge is -2.08. The van der Waals surface area contributed by atoms with Crippen LogP contribution in [0.1, 0.15) is 11.1 Å². The average Bonchev–Trinajstić information content (AvgIpc) is 2.45. The maximum Gasteiger partial charge on any atom is 0.215 e. The van der Waals surface area contributed by atoms with Crippen molar-refractivity contribution in [2.45, 2.75) is 11.9 Å². The smallest absolute Gasteiger partial charge is 0.215 e. The molecule has 0 spiro atoms. The zero-order valence-electron chi connectivity index (χ0n) is 10.5. The molecular formula is C14H14BrFN2O. The third-order valence-electron chi connectivity index (χ3n) is 2.64. The molecule has 0 unspecified atom stereocenters. The largest absolute Gasteiger partial charge is 0.497 e. The minimum absolute atomic E-state index is 0.478. The molecule has 2 aromatic rings. The Balaban J connectivity index is 2.03. The third kappa shape index (κ3) is 3.92. The van der Waals surface area contributed by atoms with Crippen molar-refractivity contribution in [2.24, 2.45) is 0 Å². The fourth-order valence-electron chi connectivity index (χ4n) is 1.65. The number of benzene rings is 1. The first-order valence-corrected chi connectivity index (χ1v) is 6.92. The molecule has 0 bridgehead atoms. The fourth-order valence-corrected chi connectivity index (χ4v) is 1.98. The molecule has 1 N–H and O–H groups in total. The second-order valence-electron chi connectivity index (χ2n) is 4.02. The molecular weight excluding hydrogens is 311 g/mol. The van der Waals surface area contributed by atoms with Crippen molar-refractivity contribution in [1.82, 2.24) is 4.98 Å². The van der Waals surface area contributed by atoms with Crippen molar-refractivity contribution in [2.75, 3.05) is 12.4 Å². The van der Waals surface area contributed by atoms with Gasteiger partial charge in [-0.2, -0.15) is 4.39 Å². The second-order valence-corrected chi connectivity index (χ2v) is 4.58. The normalized spacial score (nSPS) is 10.3. The van der Waals surface area contributed by atoms with E-state index in [0.29, 0.717) is 17.7 Å². The predicted octanol–water partition coefficient (Wildman–Crippen LogP) is 3.74. The molecule has 0 amide bonds. The van der Waals surface area contributed by atoms with Gasteiger partial charge in [-0.05, 0) is 35.4 Å². The van der Waals surface area contributed by atoms with E-state index >= 15 is 0 Å². The van der Waals surface area contributed by atoms with Crippen LogP contribution in [0.4, 0.5) is 10.2 Å². The van der Waals surface area contributed by atoms with Crippen LogP contribution < -0.4 is 10.1 Å². The Morgan fingerprint density at radius 1 is 1.21 bits per heavy atom. The number of alkyl halides is 1. The zero-order valence-corrected chi connectivity index (χ0v) is 12.1. The van der Waals surface area contributed by atoms with Gasteiger partial charge in [-0.1, -0.05) is 28.1 Å². The van der Waals surface area contributed by atoms with Crippen LogP contribution in [0, 0.1) is 5.95 Å². The number of nitrogens with one attached hydrogen (secondary N) is 1. The van der Waals surface area contributed by atoms with E-state index in [2.05, 4.69) is 26.2 Å². The Kier molecular flexibility index (Phi) is 4.74. The Morgan fingerprint density at radius 3 is 2.58 bits per heavy atom. The van der Waals surface area contributed by atoms with Gasteiger partial charge >= 0.3 is 0 Å². The van der Waals surface area contributed by atoms with E-state index in [9.17, 15) is 4.39 Å². The summed E-state index contributed by atoms with van der Waals surface area (Å²) in [6.45, 7) is 0.585. The van der Waals surface area contributed by atoms with Gasteiger partial charge in [0, 0.05) is 11.9 Å². The van der Waals surface area contributed by atoms with Crippen LogP contribution in [0.15, 0.2) is 36.4 Å². The van der Waals surface area contributed by atoms with Crippen LogP contribution in [-0.2, 0) is 11.9 Å². The summed E-state index contributed by atoms with van der Waals surface area (Å²) in [6, 6.07) is 10.9. The molecule has 2 rings (SSSR count). The van der Waals surface area contributed by atoms with E-state index in [4.69, 9.17) is 4.74 Å². The number of hydrogen-bond acceptors (Lipinski definition) is 3. The van der Waals surface area contributed by atoms with Gasteiger partial charge in [0.05, 0.1) is 7.11 Å². The molecule has 1 aromatic heterocycles. The first kappa shape index (κ1) is 13.8. The maximum absolute atomic E-state index is 13.3. The van der Waals surface area contributed by atoms with Crippen molar-refractivity contribution in [1.29, 1.82) is 0 Å². The Labute approximate surface area is 119 Å². The summed E-state index contributed by atoms with van der Waals surface area (Å²) >= 11 is 3.30. The number of pyridine rings is 1. The number of anilines is 1. The lowest BCUT2D eigenvalue weighted by molar-refractivity contribution is 0.414. The van der Waals surface area contributed by atoms with Gasteiger partial charge in [0.2, 0.25) is 5.95 Å². The van der Waals surface area contributed by atoms with Gasteiger partial charge < -0.3 is 10.1 Å². The Morgan fingerprint density at radius 2 is 1.95 bits per heavy atom. The predicted molar refractivity (Wildman–Crippen MR) is 77.1 cm³/mol. The molecule has 0 aliphatic heterocycles. The highest BCUT2D eigenvalue weighted by atomic mass is 79.9. The molecule has 100 valence electrons. The number of rotatable bonds is 5. The van der Waals surface area contributed by atoms with Crippen molar-refractivity contribution in [3.8, 4) is 5.75 Å². The molecule has 1 heterocycles. The highest BCUT2D eigenvalue weighted by molar-refractivity contribution is 9.08. The van der Waals surface area contributed by atoms with E-state index in [1.807, 2.05) is 30.3 Å². The summed E-state index contributed by atoms with van der Waals surface area (Å²) in [5.74, 6) is 0.869. The number of ether oxygens (including phenoxy) is 1. The SMILES string of the molecule is COc1ccc(CNc2cc(CBr)cc(F)n2)cc1. The standard InChI is InChI=1S/C14H14BrFN2O/c1-19-12-4-2-10(3-5-12)9-17-14-7-11(8-15)6-13(16)18-14/h2-7H,8-9H2,1H3,(H,17,18). The van der Waals surface area contributed by atoms with E-state index in [1.54, 1.807) is 7.11 Å². The summed E-state index contributed by atoms with van der Waals surface area (Å²) in [4.78, 5) is 3.81. The minimum atomic E-state index is -0.478. The minimum Gasteiger partial charge on any atom is -0.497 e. The topological polar surface area (TPSA) is 34.1 Å². The van der Waals surface area contributed by atoms with Gasteiger partial charge in [0.1, 0.15) is 11.6 Å². The molecule has 0 aliphatic carbocycles. The molecule has 0 saturated heterocycles. The molecule has 0 atom stereocenters. The summed E-state index contributed by atoms with van der Waals surface area (Å²) in [5.41, 5.74) is 1.93. The monoisotopic (exact) mass is 324 g/mol. The molecule has 19 heavy (non-hydrogen) atoms. The number of nitrogens with zero attached hydrogens (tertiary/aromatic N) is 1. The third-order valence-corrected chi connectivity index (χ3v) is 3.29. The van der Waals surface area contributed by atoms with E-state index in [1.165, 1.54) is 6.07 Å². The van der Waals surface area contributed by atoms with Gasteiger partial charge in [0.15, 0.2) is 0 Å². The van der Waals surface area contributed by atoms with Crippen molar-refractivity contribution >= 4 is 21.7 Å². The summed E-state index contributed by atoms with van der Waals surface area (Å²) in [5, 5.41) is 3.70. The first-order chi connectivity index (χ1) is 9.21. The highest BCUT2D eigenvalue weighted by Gasteiger charge is 2.02. The van der Waals surface area contributed by atoms with Crippen LogP contribution in [0.2, 0.25) is 0 Å². The van der Waals surface area contributed by atoms with E-state index < -0.39 is 5.95 Å². The van der Waals surface area contributed by atoms with Crippen LogP contribution in [-0.4, -0.2) is 12.1 Å². The summed E-state index contributed by atoms with van der Waals surface area (Å²) < 4.78 is 18.3. The lowest BCUT2D eigenvalue weighted by atomic mass is 10.2. The number of aromatic nitrogens is 1. The van der Waals surface area contributed by atoms with Crippen LogP contribution >= 0.6 is 15.9 Å². The van der Waals surface area contributed by atoms with Crippen LogP contribution in [0.3, 0.4) is 0 Å². The Hall–Kier alpha value is -1.62. The van der Waals surface area contributed by atoms with Gasteiger partial charge in [0.25, 0.3) is 0 Å². The fraction of sp³-hybridized carbons (Fsp3) is 0.214.